The molecular weight excluding hydrogens is 332 g/mol. The molecule has 0 bridgehead atoms. The Kier molecular flexibility index (Phi) is 5.37. The number of rotatable bonds is 4. The lowest BCUT2D eigenvalue weighted by atomic mass is 9.60. The van der Waals surface area contributed by atoms with E-state index < -0.39 is 0 Å². The smallest absolute Gasteiger partial charge is 0.115 e. The molecule has 0 fully saturated rings. The molecule has 2 N–H and O–H groups in total. The van der Waals surface area contributed by atoms with Crippen molar-refractivity contribution in [2.24, 2.45) is 11.3 Å². The largest absolute Gasteiger partial charge is 0.508 e. The molecule has 2 atom stereocenters. The lowest BCUT2D eigenvalue weighted by molar-refractivity contribution is 0.182. The van der Waals surface area contributed by atoms with E-state index in [1.54, 1.807) is 12.1 Å². The summed E-state index contributed by atoms with van der Waals surface area (Å²) in [5.74, 6) is 1.22. The first kappa shape index (κ1) is 19.5. The van der Waals surface area contributed by atoms with E-state index in [4.69, 9.17) is 0 Å². The molecule has 2 heteroatoms. The van der Waals surface area contributed by atoms with Gasteiger partial charge >= 0.3 is 0 Å². The van der Waals surface area contributed by atoms with Gasteiger partial charge in [0.25, 0.3) is 0 Å². The minimum absolute atomic E-state index is 0.0724. The van der Waals surface area contributed by atoms with Crippen LogP contribution < -0.4 is 0 Å². The first-order valence-corrected chi connectivity index (χ1v) is 9.95. The number of hydrogen-bond donors (Lipinski definition) is 2. The van der Waals surface area contributed by atoms with Gasteiger partial charge in [0.1, 0.15) is 11.5 Å². The van der Waals surface area contributed by atoms with Crippen molar-refractivity contribution in [3.8, 4) is 11.5 Å². The van der Waals surface area contributed by atoms with Crippen molar-refractivity contribution in [3.63, 3.8) is 0 Å². The summed E-state index contributed by atoms with van der Waals surface area (Å²) >= 11 is 0. The van der Waals surface area contributed by atoms with Gasteiger partial charge in [-0.2, -0.15) is 0 Å². The molecule has 1 aliphatic rings. The van der Waals surface area contributed by atoms with Crippen molar-refractivity contribution in [2.75, 3.05) is 0 Å². The lowest BCUT2D eigenvalue weighted by Crippen LogP contribution is -2.37. The van der Waals surface area contributed by atoms with Gasteiger partial charge in [-0.15, -0.1) is 0 Å². The Labute approximate surface area is 163 Å². The van der Waals surface area contributed by atoms with E-state index in [1.165, 1.54) is 16.7 Å². The zero-order chi connectivity index (χ0) is 19.7. The third-order valence-electron chi connectivity index (χ3n) is 5.97. The van der Waals surface area contributed by atoms with E-state index in [-0.39, 0.29) is 10.8 Å². The number of hydrogen-bond acceptors (Lipinski definition) is 2. The number of phenols is 2. The maximum Gasteiger partial charge on any atom is 0.115 e. The molecule has 0 aliphatic heterocycles. The molecule has 2 aromatic carbocycles. The van der Waals surface area contributed by atoms with Crippen LogP contribution in [0.15, 0.2) is 54.6 Å². The summed E-state index contributed by atoms with van der Waals surface area (Å²) in [6.07, 6.45) is 6.77. The molecular formula is C25H32O2. The Morgan fingerprint density at radius 2 is 1.41 bits per heavy atom. The molecule has 0 radical (unpaired) electrons. The van der Waals surface area contributed by atoms with E-state index in [2.05, 4.69) is 45.9 Å². The third kappa shape index (κ3) is 4.55. The van der Waals surface area contributed by atoms with Gasteiger partial charge in [0.2, 0.25) is 0 Å². The second-order valence-electron chi connectivity index (χ2n) is 9.45. The summed E-state index contributed by atoms with van der Waals surface area (Å²) in [7, 11) is 0. The van der Waals surface area contributed by atoms with Gasteiger partial charge < -0.3 is 10.2 Å². The minimum Gasteiger partial charge on any atom is -0.508 e. The summed E-state index contributed by atoms with van der Waals surface area (Å²) in [6, 6.07) is 15.4. The van der Waals surface area contributed by atoms with Crippen molar-refractivity contribution in [2.45, 2.75) is 58.8 Å². The van der Waals surface area contributed by atoms with Crippen molar-refractivity contribution >= 4 is 5.57 Å². The quantitative estimate of drug-likeness (QED) is 0.635. The third-order valence-corrected chi connectivity index (χ3v) is 5.97. The molecule has 0 saturated carbocycles. The van der Waals surface area contributed by atoms with E-state index in [9.17, 15) is 10.2 Å². The van der Waals surface area contributed by atoms with Crippen LogP contribution in [0.25, 0.3) is 5.57 Å². The molecule has 2 aromatic rings. The molecule has 0 heterocycles. The summed E-state index contributed by atoms with van der Waals surface area (Å²) in [5.41, 5.74) is 4.22. The summed E-state index contributed by atoms with van der Waals surface area (Å²) in [5, 5.41) is 19.2. The van der Waals surface area contributed by atoms with Gasteiger partial charge in [0.05, 0.1) is 0 Å². The van der Waals surface area contributed by atoms with Crippen LogP contribution in [-0.4, -0.2) is 10.2 Å². The first-order valence-electron chi connectivity index (χ1n) is 9.95. The van der Waals surface area contributed by atoms with E-state index >= 15 is 0 Å². The zero-order valence-corrected chi connectivity index (χ0v) is 17.0. The maximum absolute atomic E-state index is 9.72. The molecule has 3 rings (SSSR count). The van der Waals surface area contributed by atoms with E-state index in [0.717, 1.165) is 25.7 Å². The van der Waals surface area contributed by atoms with Gasteiger partial charge in [-0.25, -0.2) is 0 Å². The van der Waals surface area contributed by atoms with Gasteiger partial charge in [-0.05, 0) is 83.4 Å². The normalized spacial score (nSPS) is 20.0. The Bertz CT molecular complexity index is 794. The van der Waals surface area contributed by atoms with Gasteiger partial charge in [-0.3, -0.25) is 0 Å². The van der Waals surface area contributed by atoms with Crippen molar-refractivity contribution in [1.29, 1.82) is 0 Å². The standard InChI is InChI=1S/C25H32O2/c1-24(2,3)17-25(4,21-11-15-23(27)16-12-21)20-9-5-18(6-10-20)19-7-13-22(26)14-8-19/h5,7-8,11-16,20,26-27H,6,9-10,17H2,1-4H3. The molecule has 0 aromatic heterocycles. The molecule has 2 nitrogen and oxygen atoms in total. The van der Waals surface area contributed by atoms with Crippen LogP contribution in [-0.2, 0) is 5.41 Å². The van der Waals surface area contributed by atoms with Crippen LogP contribution >= 0.6 is 0 Å². The lowest BCUT2D eigenvalue weighted by Gasteiger charge is -2.44. The molecule has 27 heavy (non-hydrogen) atoms. The molecule has 2 unspecified atom stereocenters. The number of allylic oxidation sites excluding steroid dienone is 2. The fourth-order valence-electron chi connectivity index (χ4n) is 4.78. The van der Waals surface area contributed by atoms with Gasteiger partial charge in [0.15, 0.2) is 0 Å². The highest BCUT2D eigenvalue weighted by atomic mass is 16.3. The van der Waals surface area contributed by atoms with Crippen LogP contribution in [0.2, 0.25) is 0 Å². The average Bonchev–Trinajstić information content (AvgIpc) is 2.61. The highest BCUT2D eigenvalue weighted by molar-refractivity contribution is 5.66. The fraction of sp³-hybridized carbons (Fsp3) is 0.440. The predicted molar refractivity (Wildman–Crippen MR) is 113 cm³/mol. The fourth-order valence-corrected chi connectivity index (χ4v) is 4.78. The van der Waals surface area contributed by atoms with Crippen LogP contribution in [0.4, 0.5) is 0 Å². The molecule has 0 amide bonds. The molecule has 0 spiro atoms. The number of phenolic OH excluding ortho intramolecular Hbond substituents is 2. The highest BCUT2D eigenvalue weighted by Gasteiger charge is 2.39. The van der Waals surface area contributed by atoms with Crippen LogP contribution in [0, 0.1) is 11.3 Å². The van der Waals surface area contributed by atoms with Crippen LogP contribution in [0.3, 0.4) is 0 Å². The molecule has 0 saturated heterocycles. The molecule has 144 valence electrons. The molecule has 1 aliphatic carbocycles. The van der Waals surface area contributed by atoms with E-state index in [1.807, 2.05) is 24.3 Å². The summed E-state index contributed by atoms with van der Waals surface area (Å²) in [6.45, 7) is 9.33. The van der Waals surface area contributed by atoms with Crippen molar-refractivity contribution in [3.05, 3.63) is 65.7 Å². The average molecular weight is 365 g/mol. The second-order valence-corrected chi connectivity index (χ2v) is 9.45. The van der Waals surface area contributed by atoms with Crippen LogP contribution in [0.1, 0.15) is 64.5 Å². The van der Waals surface area contributed by atoms with Crippen LogP contribution in [0.5, 0.6) is 11.5 Å². The summed E-state index contributed by atoms with van der Waals surface area (Å²) in [4.78, 5) is 0. The summed E-state index contributed by atoms with van der Waals surface area (Å²) < 4.78 is 0. The Hall–Kier alpha value is -2.22. The maximum atomic E-state index is 9.72. The van der Waals surface area contributed by atoms with Crippen molar-refractivity contribution < 1.29 is 10.2 Å². The Balaban J connectivity index is 1.88. The highest BCUT2D eigenvalue weighted by Crippen LogP contribution is 2.48. The van der Waals surface area contributed by atoms with Gasteiger partial charge in [-0.1, -0.05) is 58.0 Å². The number of benzene rings is 2. The second kappa shape index (κ2) is 7.42. The number of aromatic hydroxyl groups is 2. The zero-order valence-electron chi connectivity index (χ0n) is 17.0. The van der Waals surface area contributed by atoms with E-state index in [0.29, 0.717) is 17.4 Å². The first-order chi connectivity index (χ1) is 12.7. The predicted octanol–water partition coefficient (Wildman–Crippen LogP) is 6.68. The van der Waals surface area contributed by atoms with Gasteiger partial charge in [0, 0.05) is 0 Å². The Morgan fingerprint density at radius 3 is 1.89 bits per heavy atom. The topological polar surface area (TPSA) is 40.5 Å². The Morgan fingerprint density at radius 1 is 0.852 bits per heavy atom. The minimum atomic E-state index is 0.0724. The monoisotopic (exact) mass is 364 g/mol. The van der Waals surface area contributed by atoms with Crippen molar-refractivity contribution in [1.82, 2.24) is 0 Å². The SMILES string of the molecule is CC(C)(C)CC(C)(c1ccc(O)cc1)C1CC=C(c2ccc(O)cc2)CC1.